The average Bonchev–Trinajstić information content (AvgIpc) is 3.32. The molecule has 2 N–H and O–H groups in total. The number of benzene rings is 1. The Hall–Kier alpha value is -2.68. The summed E-state index contributed by atoms with van der Waals surface area (Å²) in [5.74, 6) is 0.0794. The molecule has 32 heavy (non-hydrogen) atoms. The predicted molar refractivity (Wildman–Crippen MR) is 123 cm³/mol. The molecule has 0 saturated heterocycles. The molecule has 0 saturated carbocycles. The van der Waals surface area contributed by atoms with Crippen LogP contribution < -0.4 is 15.4 Å². The quantitative estimate of drug-likeness (QED) is 0.444. The highest BCUT2D eigenvalue weighted by atomic mass is 35.5. The van der Waals surface area contributed by atoms with Gasteiger partial charge in [-0.2, -0.15) is 5.10 Å². The lowest BCUT2D eigenvalue weighted by Crippen LogP contribution is -2.30. The smallest absolute Gasteiger partial charge is 0.291 e. The maximum atomic E-state index is 12.6. The summed E-state index contributed by atoms with van der Waals surface area (Å²) in [5.41, 5.74) is 0.508. The Bertz CT molecular complexity index is 1120. The zero-order valence-electron chi connectivity index (χ0n) is 17.5. The van der Waals surface area contributed by atoms with Gasteiger partial charge in [0.2, 0.25) is 0 Å². The van der Waals surface area contributed by atoms with Gasteiger partial charge in [-0.3, -0.25) is 14.3 Å². The van der Waals surface area contributed by atoms with Crippen molar-refractivity contribution >= 4 is 52.3 Å². The number of anilines is 1. The number of halogens is 3. The molecule has 8 nitrogen and oxygen atoms in total. The number of amides is 2. The van der Waals surface area contributed by atoms with E-state index >= 15 is 0 Å². The molecule has 2 amide bonds. The standard InChI is InChI=1S/C21H21Cl3N4O4/c1-11(2)8-25-21(30)18-16(9-26-28(18)3)27-20(29)17-5-4-13(32-17)10-31-19-14(23)6-12(22)7-15(19)24/h4-7,9,11H,8,10H2,1-3H3,(H,25,30)(H,27,29). The van der Waals surface area contributed by atoms with Crippen LogP contribution in [0.15, 0.2) is 34.9 Å². The van der Waals surface area contributed by atoms with Crippen LogP contribution in [0.4, 0.5) is 5.69 Å². The van der Waals surface area contributed by atoms with Crippen molar-refractivity contribution in [3.05, 3.63) is 62.7 Å². The SMILES string of the molecule is CC(C)CNC(=O)c1c(NC(=O)c2ccc(COc3c(Cl)cc(Cl)cc3Cl)o2)cnn1C. The van der Waals surface area contributed by atoms with Crippen LogP contribution in [0, 0.1) is 5.92 Å². The lowest BCUT2D eigenvalue weighted by atomic mass is 10.2. The normalized spacial score (nSPS) is 11.0. The number of aryl methyl sites for hydroxylation is 1. The van der Waals surface area contributed by atoms with E-state index in [-0.39, 0.29) is 51.4 Å². The van der Waals surface area contributed by atoms with Gasteiger partial charge in [0.15, 0.2) is 11.5 Å². The van der Waals surface area contributed by atoms with Gasteiger partial charge in [0.05, 0.1) is 21.9 Å². The van der Waals surface area contributed by atoms with Gasteiger partial charge < -0.3 is 19.8 Å². The van der Waals surface area contributed by atoms with Crippen molar-refractivity contribution in [3.8, 4) is 5.75 Å². The Morgan fingerprint density at radius 1 is 1.16 bits per heavy atom. The minimum Gasteiger partial charge on any atom is -0.483 e. The molecule has 0 bridgehead atoms. The van der Waals surface area contributed by atoms with Crippen LogP contribution in [0.1, 0.15) is 40.7 Å². The fourth-order valence-corrected chi connectivity index (χ4v) is 3.68. The third kappa shape index (κ3) is 5.76. The van der Waals surface area contributed by atoms with E-state index in [0.29, 0.717) is 17.3 Å². The number of hydrogen-bond acceptors (Lipinski definition) is 5. The number of hydrogen-bond donors (Lipinski definition) is 2. The van der Waals surface area contributed by atoms with Gasteiger partial charge in [-0.15, -0.1) is 0 Å². The molecule has 3 aromatic rings. The molecule has 0 aliphatic heterocycles. The van der Waals surface area contributed by atoms with E-state index in [2.05, 4.69) is 15.7 Å². The summed E-state index contributed by atoms with van der Waals surface area (Å²) in [7, 11) is 1.62. The Balaban J connectivity index is 1.66. The van der Waals surface area contributed by atoms with Crippen LogP contribution in [-0.4, -0.2) is 28.1 Å². The summed E-state index contributed by atoms with van der Waals surface area (Å²) in [6.45, 7) is 4.46. The lowest BCUT2D eigenvalue weighted by Gasteiger charge is -2.10. The second-order valence-corrected chi connectivity index (χ2v) is 8.59. The Morgan fingerprint density at radius 2 is 1.84 bits per heavy atom. The van der Waals surface area contributed by atoms with Crippen molar-refractivity contribution in [2.24, 2.45) is 13.0 Å². The van der Waals surface area contributed by atoms with Crippen molar-refractivity contribution in [1.29, 1.82) is 0 Å². The van der Waals surface area contributed by atoms with Crippen LogP contribution in [0.2, 0.25) is 15.1 Å². The first-order chi connectivity index (χ1) is 15.2. The van der Waals surface area contributed by atoms with Gasteiger partial charge in [0, 0.05) is 18.6 Å². The van der Waals surface area contributed by atoms with Crippen molar-refractivity contribution in [3.63, 3.8) is 0 Å². The topological polar surface area (TPSA) is 98.4 Å². The van der Waals surface area contributed by atoms with Gasteiger partial charge in [-0.05, 0) is 30.2 Å². The van der Waals surface area contributed by atoms with Crippen molar-refractivity contribution < 1.29 is 18.7 Å². The van der Waals surface area contributed by atoms with E-state index in [1.807, 2.05) is 13.8 Å². The van der Waals surface area contributed by atoms with E-state index in [4.69, 9.17) is 44.0 Å². The largest absolute Gasteiger partial charge is 0.483 e. The third-order valence-corrected chi connectivity index (χ3v) is 5.06. The van der Waals surface area contributed by atoms with Crippen LogP contribution in [0.3, 0.4) is 0 Å². The molecule has 1 aromatic carbocycles. The van der Waals surface area contributed by atoms with Crippen molar-refractivity contribution in [2.75, 3.05) is 11.9 Å². The summed E-state index contributed by atoms with van der Waals surface area (Å²) < 4.78 is 12.6. The van der Waals surface area contributed by atoms with Crippen LogP contribution >= 0.6 is 34.8 Å². The zero-order chi connectivity index (χ0) is 23.4. The Labute approximate surface area is 199 Å². The maximum absolute atomic E-state index is 12.6. The number of carbonyl (C=O) groups is 2. The summed E-state index contributed by atoms with van der Waals surface area (Å²) in [4.78, 5) is 25.1. The molecule has 2 heterocycles. The molecule has 0 atom stereocenters. The fraction of sp³-hybridized carbons (Fsp3) is 0.286. The summed E-state index contributed by atoms with van der Waals surface area (Å²) in [6.07, 6.45) is 1.40. The highest BCUT2D eigenvalue weighted by Crippen LogP contribution is 2.36. The van der Waals surface area contributed by atoms with Crippen LogP contribution in [0.5, 0.6) is 5.75 Å². The molecule has 11 heteroatoms. The van der Waals surface area contributed by atoms with Gasteiger partial charge >= 0.3 is 0 Å². The van der Waals surface area contributed by atoms with Gasteiger partial charge in [0.1, 0.15) is 18.1 Å². The monoisotopic (exact) mass is 498 g/mol. The first-order valence-corrected chi connectivity index (χ1v) is 10.8. The van der Waals surface area contributed by atoms with E-state index in [0.717, 1.165) is 0 Å². The van der Waals surface area contributed by atoms with Crippen molar-refractivity contribution in [1.82, 2.24) is 15.1 Å². The number of aromatic nitrogens is 2. The highest BCUT2D eigenvalue weighted by Gasteiger charge is 2.21. The number of nitrogens with zero attached hydrogens (tertiary/aromatic N) is 2. The maximum Gasteiger partial charge on any atom is 0.291 e. The van der Waals surface area contributed by atoms with Crippen LogP contribution in [-0.2, 0) is 13.7 Å². The lowest BCUT2D eigenvalue weighted by molar-refractivity contribution is 0.0940. The molecular formula is C21H21Cl3N4O4. The van der Waals surface area contributed by atoms with Gasteiger partial charge in [0.25, 0.3) is 11.8 Å². The van der Waals surface area contributed by atoms with E-state index in [9.17, 15) is 9.59 Å². The molecule has 2 aromatic heterocycles. The molecule has 170 valence electrons. The summed E-state index contributed by atoms with van der Waals surface area (Å²) in [5, 5.41) is 10.4. The number of ether oxygens (including phenoxy) is 1. The predicted octanol–water partition coefficient (Wildman–Crippen LogP) is 5.19. The number of carbonyl (C=O) groups excluding carboxylic acids is 2. The molecule has 0 fully saturated rings. The minimum atomic E-state index is -0.537. The van der Waals surface area contributed by atoms with Gasteiger partial charge in [-0.1, -0.05) is 48.7 Å². The molecule has 0 unspecified atom stereocenters. The minimum absolute atomic E-state index is 0.00982. The first-order valence-electron chi connectivity index (χ1n) is 9.63. The second-order valence-electron chi connectivity index (χ2n) is 7.34. The molecule has 0 radical (unpaired) electrons. The second kappa shape index (κ2) is 10.3. The van der Waals surface area contributed by atoms with Gasteiger partial charge in [-0.25, -0.2) is 0 Å². The first kappa shape index (κ1) is 24.0. The number of furan rings is 1. The Kier molecular flexibility index (Phi) is 7.71. The fourth-order valence-electron chi connectivity index (χ4n) is 2.75. The molecule has 0 aliphatic carbocycles. The van der Waals surface area contributed by atoms with Crippen molar-refractivity contribution in [2.45, 2.75) is 20.5 Å². The summed E-state index contributed by atoms with van der Waals surface area (Å²) >= 11 is 18.1. The summed E-state index contributed by atoms with van der Waals surface area (Å²) in [6, 6.07) is 6.10. The molecule has 0 aliphatic rings. The average molecular weight is 500 g/mol. The van der Waals surface area contributed by atoms with E-state index < -0.39 is 5.91 Å². The molecular weight excluding hydrogens is 479 g/mol. The molecule has 3 rings (SSSR count). The third-order valence-electron chi connectivity index (χ3n) is 4.28. The zero-order valence-corrected chi connectivity index (χ0v) is 19.8. The molecule has 0 spiro atoms. The van der Waals surface area contributed by atoms with Crippen LogP contribution in [0.25, 0.3) is 0 Å². The Morgan fingerprint density at radius 3 is 2.50 bits per heavy atom. The number of nitrogens with one attached hydrogen (secondary N) is 2. The van der Waals surface area contributed by atoms with E-state index in [1.165, 1.54) is 29.1 Å². The highest BCUT2D eigenvalue weighted by molar-refractivity contribution is 6.40. The van der Waals surface area contributed by atoms with E-state index in [1.54, 1.807) is 13.1 Å². The number of rotatable bonds is 8.